The lowest BCUT2D eigenvalue weighted by Crippen LogP contribution is -2.37. The molecule has 0 spiro atoms. The van der Waals surface area contributed by atoms with Gasteiger partial charge in [-0.05, 0) is 24.6 Å². The van der Waals surface area contributed by atoms with Crippen LogP contribution >= 0.6 is 0 Å². The van der Waals surface area contributed by atoms with Gasteiger partial charge in [0.15, 0.2) is 11.5 Å². The zero-order valence-electron chi connectivity index (χ0n) is 9.06. The Hall–Kier alpha value is -1.22. The number of aliphatic hydroxyl groups is 1. The number of rotatable bonds is 3. The standard InChI is InChI=1S/C12H16O3/c1-8-3-4-11(12(5-8)14-2)15-10-6-9(13)7-10/h3-5,9-10,13H,6-7H2,1-2H3. The Morgan fingerprint density at radius 2 is 2.00 bits per heavy atom. The summed E-state index contributed by atoms with van der Waals surface area (Å²) in [4.78, 5) is 0. The molecule has 15 heavy (non-hydrogen) atoms. The van der Waals surface area contributed by atoms with E-state index in [-0.39, 0.29) is 12.2 Å². The van der Waals surface area contributed by atoms with E-state index >= 15 is 0 Å². The Labute approximate surface area is 89.6 Å². The second-order valence-electron chi connectivity index (χ2n) is 4.02. The zero-order chi connectivity index (χ0) is 10.8. The van der Waals surface area contributed by atoms with Crippen molar-refractivity contribution in [3.05, 3.63) is 23.8 Å². The van der Waals surface area contributed by atoms with Crippen molar-refractivity contribution in [3.8, 4) is 11.5 Å². The minimum Gasteiger partial charge on any atom is -0.493 e. The summed E-state index contributed by atoms with van der Waals surface area (Å²) in [5.41, 5.74) is 1.15. The molecule has 3 heteroatoms. The molecule has 82 valence electrons. The molecule has 1 aliphatic carbocycles. The second-order valence-corrected chi connectivity index (χ2v) is 4.02. The average Bonchev–Trinajstić information content (AvgIpc) is 2.18. The normalized spacial score (nSPS) is 24.5. The number of hydrogen-bond acceptors (Lipinski definition) is 3. The van der Waals surface area contributed by atoms with Gasteiger partial charge in [0.2, 0.25) is 0 Å². The summed E-state index contributed by atoms with van der Waals surface area (Å²) in [5, 5.41) is 9.16. The van der Waals surface area contributed by atoms with Crippen LogP contribution in [-0.4, -0.2) is 24.4 Å². The molecule has 0 atom stereocenters. The largest absolute Gasteiger partial charge is 0.493 e. The van der Waals surface area contributed by atoms with Crippen molar-refractivity contribution in [3.63, 3.8) is 0 Å². The molecule has 1 aliphatic rings. The second kappa shape index (κ2) is 4.11. The number of benzene rings is 1. The highest BCUT2D eigenvalue weighted by atomic mass is 16.5. The maximum Gasteiger partial charge on any atom is 0.161 e. The van der Waals surface area contributed by atoms with Gasteiger partial charge in [0.1, 0.15) is 6.10 Å². The third-order valence-corrected chi connectivity index (χ3v) is 2.68. The van der Waals surface area contributed by atoms with E-state index in [2.05, 4.69) is 0 Å². The number of ether oxygens (including phenoxy) is 2. The van der Waals surface area contributed by atoms with Crippen molar-refractivity contribution in [2.75, 3.05) is 7.11 Å². The Morgan fingerprint density at radius 1 is 1.27 bits per heavy atom. The highest BCUT2D eigenvalue weighted by molar-refractivity contribution is 5.42. The Kier molecular flexibility index (Phi) is 2.82. The third-order valence-electron chi connectivity index (χ3n) is 2.68. The van der Waals surface area contributed by atoms with Gasteiger partial charge in [-0.15, -0.1) is 0 Å². The fraction of sp³-hybridized carbons (Fsp3) is 0.500. The van der Waals surface area contributed by atoms with Gasteiger partial charge in [-0.3, -0.25) is 0 Å². The Balaban J connectivity index is 2.07. The average molecular weight is 208 g/mol. The van der Waals surface area contributed by atoms with Crippen molar-refractivity contribution in [2.45, 2.75) is 32.0 Å². The Morgan fingerprint density at radius 3 is 2.60 bits per heavy atom. The van der Waals surface area contributed by atoms with Crippen molar-refractivity contribution >= 4 is 0 Å². The van der Waals surface area contributed by atoms with Gasteiger partial charge in [-0.1, -0.05) is 6.07 Å². The van der Waals surface area contributed by atoms with Crippen LogP contribution < -0.4 is 9.47 Å². The number of methoxy groups -OCH3 is 1. The third kappa shape index (κ3) is 2.23. The first-order valence-electron chi connectivity index (χ1n) is 5.18. The molecule has 0 saturated heterocycles. The maximum atomic E-state index is 9.16. The van der Waals surface area contributed by atoms with Crippen LogP contribution in [0.5, 0.6) is 11.5 Å². The van der Waals surface area contributed by atoms with Crippen LogP contribution in [0.4, 0.5) is 0 Å². The first kappa shape index (κ1) is 10.3. The van der Waals surface area contributed by atoms with Crippen molar-refractivity contribution in [1.82, 2.24) is 0 Å². The lowest BCUT2D eigenvalue weighted by atomic mass is 9.92. The summed E-state index contributed by atoms with van der Waals surface area (Å²) < 4.78 is 10.9. The van der Waals surface area contributed by atoms with Gasteiger partial charge in [-0.2, -0.15) is 0 Å². The summed E-state index contributed by atoms with van der Waals surface area (Å²) in [7, 11) is 1.64. The fourth-order valence-electron chi connectivity index (χ4n) is 1.69. The monoisotopic (exact) mass is 208 g/mol. The smallest absolute Gasteiger partial charge is 0.161 e. The van der Waals surface area contributed by atoms with Gasteiger partial charge < -0.3 is 14.6 Å². The maximum absolute atomic E-state index is 9.16. The van der Waals surface area contributed by atoms with E-state index in [9.17, 15) is 0 Å². The molecular formula is C12H16O3. The minimum absolute atomic E-state index is 0.136. The van der Waals surface area contributed by atoms with Crippen LogP contribution in [0.2, 0.25) is 0 Å². The summed E-state index contributed by atoms with van der Waals surface area (Å²) in [6.45, 7) is 2.01. The lowest BCUT2D eigenvalue weighted by molar-refractivity contribution is -0.0118. The highest BCUT2D eigenvalue weighted by Crippen LogP contribution is 2.32. The van der Waals surface area contributed by atoms with Gasteiger partial charge in [-0.25, -0.2) is 0 Å². The molecule has 1 saturated carbocycles. The van der Waals surface area contributed by atoms with Crippen LogP contribution in [0, 0.1) is 6.92 Å². The zero-order valence-corrected chi connectivity index (χ0v) is 9.06. The molecule has 0 aliphatic heterocycles. The lowest BCUT2D eigenvalue weighted by Gasteiger charge is -2.32. The van der Waals surface area contributed by atoms with E-state index < -0.39 is 0 Å². The first-order valence-corrected chi connectivity index (χ1v) is 5.18. The molecular weight excluding hydrogens is 192 g/mol. The molecule has 0 radical (unpaired) electrons. The van der Waals surface area contributed by atoms with E-state index in [1.807, 2.05) is 25.1 Å². The predicted molar refractivity (Wildman–Crippen MR) is 57.4 cm³/mol. The Bertz CT molecular complexity index is 343. The SMILES string of the molecule is COc1cc(C)ccc1OC1CC(O)C1. The number of hydrogen-bond donors (Lipinski definition) is 1. The van der Waals surface area contributed by atoms with E-state index in [4.69, 9.17) is 14.6 Å². The number of aryl methyl sites for hydroxylation is 1. The molecule has 1 N–H and O–H groups in total. The van der Waals surface area contributed by atoms with Crippen LogP contribution in [0.3, 0.4) is 0 Å². The molecule has 0 unspecified atom stereocenters. The summed E-state index contributed by atoms with van der Waals surface area (Å²) in [5.74, 6) is 1.52. The van der Waals surface area contributed by atoms with Crippen LogP contribution in [0.15, 0.2) is 18.2 Å². The van der Waals surface area contributed by atoms with Gasteiger partial charge in [0, 0.05) is 12.8 Å². The topological polar surface area (TPSA) is 38.7 Å². The van der Waals surface area contributed by atoms with Crippen molar-refractivity contribution in [1.29, 1.82) is 0 Å². The molecule has 3 nitrogen and oxygen atoms in total. The van der Waals surface area contributed by atoms with Gasteiger partial charge in [0.25, 0.3) is 0 Å². The van der Waals surface area contributed by atoms with E-state index in [0.717, 1.165) is 29.9 Å². The molecule has 1 fully saturated rings. The van der Waals surface area contributed by atoms with Gasteiger partial charge >= 0.3 is 0 Å². The quantitative estimate of drug-likeness (QED) is 0.824. The first-order chi connectivity index (χ1) is 7.19. The minimum atomic E-state index is -0.188. The van der Waals surface area contributed by atoms with E-state index in [0.29, 0.717) is 0 Å². The van der Waals surface area contributed by atoms with Crippen molar-refractivity contribution < 1.29 is 14.6 Å². The van der Waals surface area contributed by atoms with Crippen molar-refractivity contribution in [2.24, 2.45) is 0 Å². The highest BCUT2D eigenvalue weighted by Gasteiger charge is 2.29. The fourth-order valence-corrected chi connectivity index (χ4v) is 1.69. The summed E-state index contributed by atoms with van der Waals surface area (Å²) in [6, 6.07) is 5.86. The van der Waals surface area contributed by atoms with Crippen LogP contribution in [0.1, 0.15) is 18.4 Å². The molecule has 0 heterocycles. The molecule has 0 aromatic heterocycles. The number of aliphatic hydroxyl groups excluding tert-OH is 1. The predicted octanol–water partition coefficient (Wildman–Crippen LogP) is 1.91. The van der Waals surface area contributed by atoms with E-state index in [1.54, 1.807) is 7.11 Å². The molecule has 1 aromatic rings. The van der Waals surface area contributed by atoms with Gasteiger partial charge in [0.05, 0.1) is 13.2 Å². The molecule has 0 bridgehead atoms. The summed E-state index contributed by atoms with van der Waals surface area (Å²) >= 11 is 0. The molecule has 2 rings (SSSR count). The summed E-state index contributed by atoms with van der Waals surface area (Å²) in [6.07, 6.45) is 1.39. The molecule has 1 aromatic carbocycles. The van der Waals surface area contributed by atoms with Crippen LogP contribution in [-0.2, 0) is 0 Å². The molecule has 0 amide bonds. The van der Waals surface area contributed by atoms with E-state index in [1.165, 1.54) is 0 Å². The van der Waals surface area contributed by atoms with Crippen LogP contribution in [0.25, 0.3) is 0 Å².